The average molecular weight is 363 g/mol. The van der Waals surface area contributed by atoms with Crippen LogP contribution in [0.25, 0.3) is 0 Å². The van der Waals surface area contributed by atoms with Gasteiger partial charge in [-0.2, -0.15) is 0 Å². The first-order valence-electron chi connectivity index (χ1n) is 8.24. The SMILES string of the molecule is O=C(N[C@H]1C/C=C\C[C@@H]2CC[C@@H](C(=O)O)N2C1=O)c1cccc(Cl)c1. The van der Waals surface area contributed by atoms with Gasteiger partial charge in [0.05, 0.1) is 0 Å². The molecule has 2 amide bonds. The maximum atomic E-state index is 12.9. The molecule has 2 N–H and O–H groups in total. The predicted octanol–water partition coefficient (Wildman–Crippen LogP) is 2.23. The molecule has 0 aromatic heterocycles. The second-order valence-electron chi connectivity index (χ2n) is 6.31. The number of benzene rings is 1. The monoisotopic (exact) mass is 362 g/mol. The van der Waals surface area contributed by atoms with Crippen molar-refractivity contribution >= 4 is 29.4 Å². The summed E-state index contributed by atoms with van der Waals surface area (Å²) in [6.07, 6.45) is 5.89. The lowest BCUT2D eigenvalue weighted by Gasteiger charge is -2.32. The van der Waals surface area contributed by atoms with Crippen LogP contribution in [0.1, 0.15) is 36.0 Å². The molecule has 2 aliphatic rings. The molecule has 2 aliphatic heterocycles. The third-order valence-corrected chi connectivity index (χ3v) is 4.91. The van der Waals surface area contributed by atoms with E-state index in [0.717, 1.165) is 0 Å². The van der Waals surface area contributed by atoms with Crippen molar-refractivity contribution in [2.24, 2.45) is 0 Å². The van der Waals surface area contributed by atoms with E-state index in [-0.39, 0.29) is 11.9 Å². The third-order valence-electron chi connectivity index (χ3n) is 4.68. The van der Waals surface area contributed by atoms with E-state index in [0.29, 0.717) is 36.3 Å². The van der Waals surface area contributed by atoms with Crippen LogP contribution in [0, 0.1) is 0 Å². The molecule has 2 heterocycles. The molecule has 0 unspecified atom stereocenters. The normalized spacial score (nSPS) is 27.2. The minimum atomic E-state index is -1.000. The number of hydrogen-bond donors (Lipinski definition) is 2. The van der Waals surface area contributed by atoms with Crippen LogP contribution in [-0.2, 0) is 9.59 Å². The second-order valence-corrected chi connectivity index (χ2v) is 6.75. The number of carbonyl (C=O) groups is 3. The number of rotatable bonds is 3. The number of fused-ring (bicyclic) bond motifs is 1. The van der Waals surface area contributed by atoms with Crippen LogP contribution in [0.15, 0.2) is 36.4 Å². The van der Waals surface area contributed by atoms with Crippen molar-refractivity contribution in [1.82, 2.24) is 10.2 Å². The molecular formula is C18H19ClN2O4. The molecule has 1 aromatic rings. The number of nitrogens with one attached hydrogen (secondary N) is 1. The number of carboxylic acids is 1. The number of carboxylic acid groups (broad SMARTS) is 1. The smallest absolute Gasteiger partial charge is 0.326 e. The summed E-state index contributed by atoms with van der Waals surface area (Å²) in [4.78, 5) is 38.3. The Morgan fingerprint density at radius 3 is 2.68 bits per heavy atom. The first-order valence-corrected chi connectivity index (χ1v) is 8.61. The van der Waals surface area contributed by atoms with E-state index in [1.54, 1.807) is 18.2 Å². The van der Waals surface area contributed by atoms with Crippen molar-refractivity contribution in [3.05, 3.63) is 47.0 Å². The molecular weight excluding hydrogens is 344 g/mol. The Kier molecular flexibility index (Phi) is 5.08. The zero-order valence-electron chi connectivity index (χ0n) is 13.5. The lowest BCUT2D eigenvalue weighted by molar-refractivity contribution is -0.150. The molecule has 1 saturated heterocycles. The first-order chi connectivity index (χ1) is 12.0. The van der Waals surface area contributed by atoms with Gasteiger partial charge in [-0.05, 0) is 43.9 Å². The van der Waals surface area contributed by atoms with Gasteiger partial charge < -0.3 is 15.3 Å². The van der Waals surface area contributed by atoms with E-state index in [2.05, 4.69) is 5.32 Å². The topological polar surface area (TPSA) is 86.7 Å². The number of halogens is 1. The molecule has 1 fully saturated rings. The summed E-state index contributed by atoms with van der Waals surface area (Å²) in [5.74, 6) is -1.74. The van der Waals surface area contributed by atoms with Gasteiger partial charge >= 0.3 is 5.97 Å². The number of aliphatic carboxylic acids is 1. The number of amides is 2. The fraction of sp³-hybridized carbons (Fsp3) is 0.389. The minimum Gasteiger partial charge on any atom is -0.480 e. The van der Waals surface area contributed by atoms with Crippen LogP contribution in [-0.4, -0.2) is 45.9 Å². The van der Waals surface area contributed by atoms with E-state index in [9.17, 15) is 19.5 Å². The Labute approximate surface area is 150 Å². The lowest BCUT2D eigenvalue weighted by atomic mass is 10.0. The van der Waals surface area contributed by atoms with Gasteiger partial charge in [0, 0.05) is 16.6 Å². The van der Waals surface area contributed by atoms with Gasteiger partial charge in [-0.25, -0.2) is 4.79 Å². The zero-order valence-corrected chi connectivity index (χ0v) is 14.3. The molecule has 7 heteroatoms. The molecule has 0 bridgehead atoms. The number of carbonyl (C=O) groups excluding carboxylic acids is 2. The molecule has 25 heavy (non-hydrogen) atoms. The Morgan fingerprint density at radius 1 is 1.20 bits per heavy atom. The third kappa shape index (κ3) is 3.69. The van der Waals surface area contributed by atoms with E-state index >= 15 is 0 Å². The van der Waals surface area contributed by atoms with Gasteiger partial charge in [-0.1, -0.05) is 29.8 Å². The summed E-state index contributed by atoms with van der Waals surface area (Å²) in [5, 5.41) is 12.5. The Hall–Kier alpha value is -2.34. The fourth-order valence-electron chi connectivity index (χ4n) is 3.45. The molecule has 6 nitrogen and oxygen atoms in total. The standard InChI is InChI=1S/C18H19ClN2O4/c19-12-5-3-4-11(10-12)16(22)20-14-7-2-1-6-13-8-9-15(18(24)25)21(13)17(14)23/h1-5,10,13-15H,6-9H2,(H,20,22)(H,24,25)/b2-1-/t13-,14+,15+/m1/s1. The maximum Gasteiger partial charge on any atom is 0.326 e. The van der Waals surface area contributed by atoms with E-state index < -0.39 is 24.0 Å². The second kappa shape index (κ2) is 7.27. The Balaban J connectivity index is 1.81. The highest BCUT2D eigenvalue weighted by Crippen LogP contribution is 2.29. The number of nitrogens with zero attached hydrogens (tertiary/aromatic N) is 1. The van der Waals surface area contributed by atoms with E-state index in [4.69, 9.17) is 11.6 Å². The molecule has 132 valence electrons. The van der Waals surface area contributed by atoms with Gasteiger partial charge in [0.25, 0.3) is 5.91 Å². The Morgan fingerprint density at radius 2 is 1.96 bits per heavy atom. The van der Waals surface area contributed by atoms with Crippen molar-refractivity contribution in [3.63, 3.8) is 0 Å². The van der Waals surface area contributed by atoms with E-state index in [1.807, 2.05) is 12.2 Å². The zero-order chi connectivity index (χ0) is 18.0. The highest BCUT2D eigenvalue weighted by molar-refractivity contribution is 6.31. The Bertz CT molecular complexity index is 734. The van der Waals surface area contributed by atoms with Crippen molar-refractivity contribution in [2.45, 2.75) is 43.8 Å². The van der Waals surface area contributed by atoms with Crippen molar-refractivity contribution < 1.29 is 19.5 Å². The number of hydrogen-bond acceptors (Lipinski definition) is 3. The highest BCUT2D eigenvalue weighted by Gasteiger charge is 2.43. The summed E-state index contributed by atoms with van der Waals surface area (Å²) in [5.41, 5.74) is 0.360. The van der Waals surface area contributed by atoms with Gasteiger partial charge in [0.15, 0.2) is 0 Å². The van der Waals surface area contributed by atoms with Gasteiger partial charge in [-0.3, -0.25) is 9.59 Å². The van der Waals surface area contributed by atoms with Crippen molar-refractivity contribution in [2.75, 3.05) is 0 Å². The summed E-state index contributed by atoms with van der Waals surface area (Å²) >= 11 is 5.90. The van der Waals surface area contributed by atoms with Crippen LogP contribution in [0.5, 0.6) is 0 Å². The van der Waals surface area contributed by atoms with Crippen LogP contribution in [0.2, 0.25) is 5.02 Å². The maximum absolute atomic E-state index is 12.9. The molecule has 3 atom stereocenters. The largest absolute Gasteiger partial charge is 0.480 e. The fourth-order valence-corrected chi connectivity index (χ4v) is 3.64. The molecule has 1 aromatic carbocycles. The van der Waals surface area contributed by atoms with Crippen LogP contribution in [0.3, 0.4) is 0 Å². The summed E-state index contributed by atoms with van der Waals surface area (Å²) in [7, 11) is 0. The van der Waals surface area contributed by atoms with Gasteiger partial charge in [-0.15, -0.1) is 0 Å². The van der Waals surface area contributed by atoms with Gasteiger partial charge in [0.2, 0.25) is 5.91 Å². The highest BCUT2D eigenvalue weighted by atomic mass is 35.5. The summed E-state index contributed by atoms with van der Waals surface area (Å²) in [6.45, 7) is 0. The van der Waals surface area contributed by atoms with Gasteiger partial charge in [0.1, 0.15) is 12.1 Å². The molecule has 3 rings (SSSR count). The molecule has 0 radical (unpaired) electrons. The average Bonchev–Trinajstić information content (AvgIpc) is 2.99. The first kappa shape index (κ1) is 17.5. The summed E-state index contributed by atoms with van der Waals surface area (Å²) < 4.78 is 0. The quantitative estimate of drug-likeness (QED) is 0.807. The molecule has 0 saturated carbocycles. The van der Waals surface area contributed by atoms with Crippen LogP contribution in [0.4, 0.5) is 0 Å². The molecule has 0 spiro atoms. The van der Waals surface area contributed by atoms with Crippen LogP contribution >= 0.6 is 11.6 Å². The molecule has 0 aliphatic carbocycles. The van der Waals surface area contributed by atoms with Crippen molar-refractivity contribution in [1.29, 1.82) is 0 Å². The lowest BCUT2D eigenvalue weighted by Crippen LogP contribution is -2.54. The van der Waals surface area contributed by atoms with Crippen molar-refractivity contribution in [3.8, 4) is 0 Å². The minimum absolute atomic E-state index is 0.129. The van der Waals surface area contributed by atoms with E-state index in [1.165, 1.54) is 11.0 Å². The van der Waals surface area contributed by atoms with Crippen LogP contribution < -0.4 is 5.32 Å². The predicted molar refractivity (Wildman–Crippen MR) is 92.4 cm³/mol. The summed E-state index contributed by atoms with van der Waals surface area (Å²) in [6, 6.07) is 4.72.